The molecule has 0 aliphatic heterocycles. The van der Waals surface area contributed by atoms with Gasteiger partial charge in [0, 0.05) is 15.7 Å². The molecule has 4 saturated carbocycles. The van der Waals surface area contributed by atoms with Gasteiger partial charge in [-0.25, -0.2) is 0 Å². The van der Waals surface area contributed by atoms with Gasteiger partial charge in [-0.05, 0) is 87.0 Å². The van der Waals surface area contributed by atoms with Crippen LogP contribution in [0.1, 0.15) is 44.1 Å². The molecule has 0 amide bonds. The molecule has 4 aliphatic carbocycles. The van der Waals surface area contributed by atoms with Crippen molar-refractivity contribution in [3.63, 3.8) is 0 Å². The van der Waals surface area contributed by atoms with E-state index in [1.807, 2.05) is 0 Å². The third kappa shape index (κ3) is 2.12. The fraction of sp³-hybridized carbons (Fsp3) is 0.647. The molecule has 2 heteroatoms. The van der Waals surface area contributed by atoms with Crippen LogP contribution >= 0.6 is 15.9 Å². The first kappa shape index (κ1) is 12.3. The van der Waals surface area contributed by atoms with Crippen LogP contribution in [0.2, 0.25) is 0 Å². The summed E-state index contributed by atoms with van der Waals surface area (Å²) in [5.41, 5.74) is 3.08. The summed E-state index contributed by atoms with van der Waals surface area (Å²) in [6, 6.07) is 6.70. The highest BCUT2D eigenvalue weighted by atomic mass is 79.9. The smallest absolute Gasteiger partial charge is 0.0381 e. The van der Waals surface area contributed by atoms with Gasteiger partial charge in [-0.3, -0.25) is 0 Å². The normalized spacial score (nSPS) is 39.6. The Balaban J connectivity index is 1.60. The fourth-order valence-electron chi connectivity index (χ4n) is 5.29. The van der Waals surface area contributed by atoms with Crippen molar-refractivity contribution < 1.29 is 0 Å². The quantitative estimate of drug-likeness (QED) is 0.796. The minimum atomic E-state index is 0.426. The van der Waals surface area contributed by atoms with E-state index in [9.17, 15) is 0 Å². The van der Waals surface area contributed by atoms with Crippen LogP contribution in [0.25, 0.3) is 0 Å². The van der Waals surface area contributed by atoms with E-state index in [0.717, 1.165) is 17.8 Å². The summed E-state index contributed by atoms with van der Waals surface area (Å²) >= 11 is 3.59. The Bertz CT molecular complexity index is 473. The Kier molecular flexibility index (Phi) is 2.74. The van der Waals surface area contributed by atoms with Crippen LogP contribution in [0.3, 0.4) is 0 Å². The first-order valence-corrected chi connectivity index (χ1v) is 8.45. The minimum absolute atomic E-state index is 0.426. The molecule has 4 aliphatic rings. The van der Waals surface area contributed by atoms with Gasteiger partial charge in [0.25, 0.3) is 0 Å². The van der Waals surface area contributed by atoms with E-state index in [1.165, 1.54) is 54.2 Å². The minimum Gasteiger partial charge on any atom is -0.380 e. The molecule has 1 nitrogen and oxygen atoms in total. The van der Waals surface area contributed by atoms with Gasteiger partial charge in [0.15, 0.2) is 0 Å². The van der Waals surface area contributed by atoms with Crippen molar-refractivity contribution in [2.24, 2.45) is 17.8 Å². The number of nitrogens with one attached hydrogen (secondary N) is 1. The van der Waals surface area contributed by atoms with E-state index in [1.54, 1.807) is 0 Å². The topological polar surface area (TPSA) is 12.0 Å². The molecule has 0 saturated heterocycles. The summed E-state index contributed by atoms with van der Waals surface area (Å²) in [5.74, 6) is 3.03. The molecule has 0 aromatic heterocycles. The number of halogens is 1. The Morgan fingerprint density at radius 2 is 1.63 bits per heavy atom. The van der Waals surface area contributed by atoms with Crippen molar-refractivity contribution in [3.8, 4) is 0 Å². The van der Waals surface area contributed by atoms with Crippen LogP contribution < -0.4 is 5.32 Å². The lowest BCUT2D eigenvalue weighted by Gasteiger charge is -2.57. The highest BCUT2D eigenvalue weighted by molar-refractivity contribution is 9.10. The lowest BCUT2D eigenvalue weighted by Crippen LogP contribution is -2.54. The zero-order valence-corrected chi connectivity index (χ0v) is 13.2. The van der Waals surface area contributed by atoms with E-state index in [0.29, 0.717) is 5.54 Å². The maximum Gasteiger partial charge on any atom is 0.0381 e. The Labute approximate surface area is 124 Å². The fourth-order valence-corrected chi connectivity index (χ4v) is 5.54. The highest BCUT2D eigenvalue weighted by Crippen LogP contribution is 2.56. The molecule has 0 radical (unpaired) electrons. The number of rotatable bonds is 2. The monoisotopic (exact) mass is 319 g/mol. The molecule has 4 fully saturated rings. The summed E-state index contributed by atoms with van der Waals surface area (Å²) in [7, 11) is 0. The summed E-state index contributed by atoms with van der Waals surface area (Å²) in [4.78, 5) is 0. The lowest BCUT2D eigenvalue weighted by molar-refractivity contribution is 0.0107. The van der Waals surface area contributed by atoms with E-state index in [-0.39, 0.29) is 0 Å². The first-order chi connectivity index (χ1) is 9.12. The average molecular weight is 320 g/mol. The van der Waals surface area contributed by atoms with Crippen LogP contribution in [0.5, 0.6) is 0 Å². The molecule has 0 heterocycles. The molecular formula is C17H22BrN. The van der Waals surface area contributed by atoms with Crippen LogP contribution in [0.4, 0.5) is 5.69 Å². The molecule has 19 heavy (non-hydrogen) atoms. The SMILES string of the molecule is Cc1cc(NC23CC4CC(CC(C4)C2)C3)ccc1Br. The summed E-state index contributed by atoms with van der Waals surface area (Å²) in [5, 5.41) is 3.93. The number of hydrogen-bond donors (Lipinski definition) is 1. The Hall–Kier alpha value is -0.500. The van der Waals surface area contributed by atoms with Gasteiger partial charge in [-0.1, -0.05) is 15.9 Å². The predicted octanol–water partition coefficient (Wildman–Crippen LogP) is 5.14. The van der Waals surface area contributed by atoms with Gasteiger partial charge in [-0.2, -0.15) is 0 Å². The number of anilines is 1. The second-order valence-electron chi connectivity index (χ2n) is 7.29. The highest BCUT2D eigenvalue weighted by Gasteiger charge is 2.50. The van der Waals surface area contributed by atoms with E-state index >= 15 is 0 Å². The van der Waals surface area contributed by atoms with Gasteiger partial charge < -0.3 is 5.32 Å². The van der Waals surface area contributed by atoms with Crippen molar-refractivity contribution in [1.29, 1.82) is 0 Å². The largest absolute Gasteiger partial charge is 0.380 e. The number of benzene rings is 1. The Morgan fingerprint density at radius 1 is 1.05 bits per heavy atom. The average Bonchev–Trinajstić information content (AvgIpc) is 2.31. The molecular weight excluding hydrogens is 298 g/mol. The molecule has 1 aromatic carbocycles. The summed E-state index contributed by atoms with van der Waals surface area (Å²) in [6.45, 7) is 2.18. The maximum atomic E-state index is 3.93. The summed E-state index contributed by atoms with van der Waals surface area (Å²) < 4.78 is 1.21. The van der Waals surface area contributed by atoms with Crippen molar-refractivity contribution in [2.75, 3.05) is 5.32 Å². The molecule has 0 spiro atoms. The summed E-state index contributed by atoms with van der Waals surface area (Å²) in [6.07, 6.45) is 8.78. The lowest BCUT2D eigenvalue weighted by atomic mass is 9.53. The maximum absolute atomic E-state index is 3.93. The van der Waals surface area contributed by atoms with Crippen molar-refractivity contribution in [2.45, 2.75) is 51.0 Å². The molecule has 0 atom stereocenters. The first-order valence-electron chi connectivity index (χ1n) is 7.66. The van der Waals surface area contributed by atoms with E-state index in [2.05, 4.69) is 46.4 Å². The van der Waals surface area contributed by atoms with Crippen LogP contribution in [-0.2, 0) is 0 Å². The molecule has 1 aromatic rings. The van der Waals surface area contributed by atoms with Crippen LogP contribution in [0, 0.1) is 24.7 Å². The van der Waals surface area contributed by atoms with Gasteiger partial charge in [0.2, 0.25) is 0 Å². The zero-order chi connectivity index (χ0) is 13.0. The third-order valence-electron chi connectivity index (χ3n) is 5.61. The molecule has 0 unspecified atom stereocenters. The molecule has 1 N–H and O–H groups in total. The van der Waals surface area contributed by atoms with Crippen molar-refractivity contribution in [1.82, 2.24) is 0 Å². The van der Waals surface area contributed by atoms with E-state index < -0.39 is 0 Å². The third-order valence-corrected chi connectivity index (χ3v) is 6.50. The predicted molar refractivity (Wildman–Crippen MR) is 83.4 cm³/mol. The Morgan fingerprint density at radius 3 is 2.16 bits per heavy atom. The van der Waals surface area contributed by atoms with E-state index in [4.69, 9.17) is 0 Å². The van der Waals surface area contributed by atoms with Gasteiger partial charge in [0.1, 0.15) is 0 Å². The van der Waals surface area contributed by atoms with Gasteiger partial charge in [0.05, 0.1) is 0 Å². The zero-order valence-electron chi connectivity index (χ0n) is 11.6. The molecule has 102 valence electrons. The molecule has 5 rings (SSSR count). The van der Waals surface area contributed by atoms with Crippen molar-refractivity contribution in [3.05, 3.63) is 28.2 Å². The molecule has 4 bridgehead atoms. The number of hydrogen-bond acceptors (Lipinski definition) is 1. The van der Waals surface area contributed by atoms with Crippen molar-refractivity contribution >= 4 is 21.6 Å². The second kappa shape index (κ2) is 4.25. The van der Waals surface area contributed by atoms with Gasteiger partial charge >= 0.3 is 0 Å². The number of aryl methyl sites for hydroxylation is 1. The standard InChI is InChI=1S/C17H22BrN/c1-11-4-15(2-3-16(11)18)19-17-8-12-5-13(9-17)7-14(6-12)10-17/h2-4,12-14,19H,5-10H2,1H3. The van der Waals surface area contributed by atoms with Crippen LogP contribution in [-0.4, -0.2) is 5.54 Å². The second-order valence-corrected chi connectivity index (χ2v) is 8.14. The van der Waals surface area contributed by atoms with Crippen LogP contribution in [0.15, 0.2) is 22.7 Å². The van der Waals surface area contributed by atoms with Gasteiger partial charge in [-0.15, -0.1) is 0 Å².